The molecule has 1 N–H and O–H groups in total. The van der Waals surface area contributed by atoms with E-state index in [9.17, 15) is 4.79 Å². The van der Waals surface area contributed by atoms with Crippen molar-refractivity contribution >= 4 is 17.5 Å². The van der Waals surface area contributed by atoms with Crippen molar-refractivity contribution in [1.82, 2.24) is 0 Å². The van der Waals surface area contributed by atoms with Crippen molar-refractivity contribution in [1.29, 1.82) is 0 Å². The molecule has 0 saturated heterocycles. The minimum absolute atomic E-state index is 0.286. The number of ether oxygens (including phenoxy) is 2. The molecule has 0 atom stereocenters. The molecule has 2 aromatic rings. The first kappa shape index (κ1) is 13.4. The number of carbonyl (C=O) groups excluding carboxylic acids is 1. The Balaban J connectivity index is 2.18. The van der Waals surface area contributed by atoms with Crippen LogP contribution in [0.5, 0.6) is 11.5 Å². The van der Waals surface area contributed by atoms with E-state index in [0.29, 0.717) is 17.2 Å². The topological polar surface area (TPSA) is 51.9 Å². The van der Waals surface area contributed by atoms with Crippen LogP contribution in [0.15, 0.2) is 48.5 Å². The van der Waals surface area contributed by atoms with Crippen molar-refractivity contribution < 1.29 is 14.3 Å². The summed E-state index contributed by atoms with van der Waals surface area (Å²) in [6, 6.07) is 13.6. The Morgan fingerprint density at radius 2 is 1.90 bits per heavy atom. The summed E-state index contributed by atoms with van der Waals surface area (Å²) >= 11 is 0. The molecule has 0 radical (unpaired) electrons. The highest BCUT2D eigenvalue weighted by atomic mass is 16.6. The van der Waals surface area contributed by atoms with E-state index in [2.05, 4.69) is 10.2 Å². The quantitative estimate of drug-likeness (QED) is 0.860. The molecule has 0 fully saturated rings. The molecular weight excluding hydrogens is 256 g/mol. The number of hydrogen-bond donors (Lipinski definition) is 1. The lowest BCUT2D eigenvalue weighted by Gasteiger charge is -2.11. The largest absolute Gasteiger partial charge is 0.496 e. The van der Waals surface area contributed by atoms with Crippen molar-refractivity contribution in [3.8, 4) is 11.5 Å². The third-order valence-corrected chi connectivity index (χ3v) is 2.53. The molecule has 1 amide bonds. The van der Waals surface area contributed by atoms with Crippen LogP contribution < -0.4 is 14.8 Å². The number of benzene rings is 2. The third kappa shape index (κ3) is 3.06. The predicted octanol–water partition coefficient (Wildman–Crippen LogP) is 3.86. The standard InChI is InChI=1S/C15H12N2O3/c1-16-12-9-6-10-13(19-2)14(12)17-15(18)20-11-7-4-3-5-8-11/h3-10H,2H3,(H,17,18). The van der Waals surface area contributed by atoms with Crippen molar-refractivity contribution in [2.75, 3.05) is 12.4 Å². The number of nitrogens with zero attached hydrogens (tertiary/aromatic N) is 1. The lowest BCUT2D eigenvalue weighted by Crippen LogP contribution is -2.17. The van der Waals surface area contributed by atoms with Gasteiger partial charge in [0, 0.05) is 0 Å². The number of nitrogens with one attached hydrogen (secondary N) is 1. The second kappa shape index (κ2) is 6.25. The molecule has 0 aliphatic rings. The molecule has 5 nitrogen and oxygen atoms in total. The van der Waals surface area contributed by atoms with Gasteiger partial charge >= 0.3 is 6.09 Å². The van der Waals surface area contributed by atoms with Crippen LogP contribution in [0.25, 0.3) is 4.85 Å². The Morgan fingerprint density at radius 3 is 2.55 bits per heavy atom. The van der Waals surface area contributed by atoms with Gasteiger partial charge in [0.05, 0.1) is 19.4 Å². The number of anilines is 1. The van der Waals surface area contributed by atoms with Crippen LogP contribution >= 0.6 is 0 Å². The Kier molecular flexibility index (Phi) is 4.20. The zero-order valence-corrected chi connectivity index (χ0v) is 10.8. The smallest absolute Gasteiger partial charge is 0.416 e. The van der Waals surface area contributed by atoms with Crippen molar-refractivity contribution in [3.05, 3.63) is 59.9 Å². The number of amides is 1. The highest BCUT2D eigenvalue weighted by molar-refractivity contribution is 5.93. The molecule has 0 saturated carbocycles. The molecule has 20 heavy (non-hydrogen) atoms. The van der Waals surface area contributed by atoms with Crippen LogP contribution in [0.2, 0.25) is 0 Å². The van der Waals surface area contributed by atoms with Gasteiger partial charge in [-0.2, -0.15) is 0 Å². The maximum Gasteiger partial charge on any atom is 0.416 e. The van der Waals surface area contributed by atoms with Gasteiger partial charge in [-0.1, -0.05) is 30.3 Å². The zero-order valence-electron chi connectivity index (χ0n) is 10.8. The zero-order chi connectivity index (χ0) is 14.4. The minimum atomic E-state index is -0.675. The molecule has 2 rings (SSSR count). The molecule has 0 aromatic heterocycles. The highest BCUT2D eigenvalue weighted by Crippen LogP contribution is 2.34. The third-order valence-electron chi connectivity index (χ3n) is 2.53. The van der Waals surface area contributed by atoms with Crippen LogP contribution in [0.4, 0.5) is 16.2 Å². The molecule has 0 aliphatic carbocycles. The predicted molar refractivity (Wildman–Crippen MR) is 75.3 cm³/mol. The molecule has 0 heterocycles. The average molecular weight is 268 g/mol. The fraction of sp³-hybridized carbons (Fsp3) is 0.0667. The fourth-order valence-electron chi connectivity index (χ4n) is 1.63. The first-order valence-corrected chi connectivity index (χ1v) is 5.83. The molecule has 100 valence electrons. The van der Waals surface area contributed by atoms with Crippen LogP contribution in [0.3, 0.4) is 0 Å². The maximum atomic E-state index is 11.8. The lowest BCUT2D eigenvalue weighted by atomic mass is 10.2. The number of para-hydroxylation sites is 2. The molecule has 0 unspecified atom stereocenters. The molecular formula is C15H12N2O3. The Morgan fingerprint density at radius 1 is 1.15 bits per heavy atom. The SMILES string of the molecule is [C-]#[N+]c1cccc(OC)c1NC(=O)Oc1ccccc1. The van der Waals surface area contributed by atoms with Crippen molar-refractivity contribution in [2.24, 2.45) is 0 Å². The van der Waals surface area contributed by atoms with Crippen LogP contribution in [0.1, 0.15) is 0 Å². The first-order valence-electron chi connectivity index (χ1n) is 5.83. The molecule has 5 heteroatoms. The van der Waals surface area contributed by atoms with Gasteiger partial charge in [-0.15, -0.1) is 0 Å². The van der Waals surface area contributed by atoms with Gasteiger partial charge in [-0.25, -0.2) is 9.64 Å². The number of hydrogen-bond acceptors (Lipinski definition) is 3. The van der Waals surface area contributed by atoms with Crippen LogP contribution in [-0.4, -0.2) is 13.2 Å². The van der Waals surface area contributed by atoms with Gasteiger partial charge in [-0.3, -0.25) is 5.32 Å². The molecule has 2 aromatic carbocycles. The van der Waals surface area contributed by atoms with E-state index in [1.165, 1.54) is 7.11 Å². The summed E-state index contributed by atoms with van der Waals surface area (Å²) in [4.78, 5) is 15.2. The van der Waals surface area contributed by atoms with Gasteiger partial charge in [0.2, 0.25) is 5.69 Å². The average Bonchev–Trinajstić information content (AvgIpc) is 2.48. The second-order valence-electron chi connectivity index (χ2n) is 3.79. The van der Waals surface area contributed by atoms with E-state index in [0.717, 1.165) is 0 Å². The monoisotopic (exact) mass is 268 g/mol. The van der Waals surface area contributed by atoms with Crippen LogP contribution in [0, 0.1) is 6.57 Å². The lowest BCUT2D eigenvalue weighted by molar-refractivity contribution is 0.215. The Labute approximate surface area is 116 Å². The van der Waals surface area contributed by atoms with E-state index < -0.39 is 6.09 Å². The summed E-state index contributed by atoms with van der Waals surface area (Å²) in [5.41, 5.74) is 0.584. The van der Waals surface area contributed by atoms with Crippen molar-refractivity contribution in [3.63, 3.8) is 0 Å². The summed E-state index contributed by atoms with van der Waals surface area (Å²) in [6.45, 7) is 7.10. The highest BCUT2D eigenvalue weighted by Gasteiger charge is 2.13. The Hall–Kier alpha value is -3.00. The fourth-order valence-corrected chi connectivity index (χ4v) is 1.63. The molecule has 0 spiro atoms. The van der Waals surface area contributed by atoms with E-state index in [-0.39, 0.29) is 5.69 Å². The van der Waals surface area contributed by atoms with Gasteiger partial charge in [0.15, 0.2) is 0 Å². The minimum Gasteiger partial charge on any atom is -0.496 e. The van der Waals surface area contributed by atoms with Crippen LogP contribution in [-0.2, 0) is 0 Å². The summed E-state index contributed by atoms with van der Waals surface area (Å²) < 4.78 is 10.2. The summed E-state index contributed by atoms with van der Waals surface area (Å²) in [5, 5.41) is 2.53. The van der Waals surface area contributed by atoms with Gasteiger partial charge < -0.3 is 9.47 Å². The summed E-state index contributed by atoms with van der Waals surface area (Å²) in [7, 11) is 1.47. The van der Waals surface area contributed by atoms with Gasteiger partial charge in [0.25, 0.3) is 0 Å². The maximum absolute atomic E-state index is 11.8. The van der Waals surface area contributed by atoms with E-state index in [1.54, 1.807) is 42.5 Å². The number of carbonyl (C=O) groups is 1. The van der Waals surface area contributed by atoms with Gasteiger partial charge in [-0.05, 0) is 18.2 Å². The normalized spacial score (nSPS) is 9.40. The first-order chi connectivity index (χ1) is 9.74. The Bertz CT molecular complexity index is 648. The van der Waals surface area contributed by atoms with Gasteiger partial charge in [0.1, 0.15) is 11.5 Å². The van der Waals surface area contributed by atoms with E-state index in [1.807, 2.05) is 6.07 Å². The summed E-state index contributed by atoms with van der Waals surface area (Å²) in [5.74, 6) is 0.827. The second-order valence-corrected chi connectivity index (χ2v) is 3.79. The van der Waals surface area contributed by atoms with E-state index >= 15 is 0 Å². The summed E-state index contributed by atoms with van der Waals surface area (Å²) in [6.07, 6.45) is -0.675. The van der Waals surface area contributed by atoms with Crippen molar-refractivity contribution in [2.45, 2.75) is 0 Å². The molecule has 0 bridgehead atoms. The number of methoxy groups -OCH3 is 1. The van der Waals surface area contributed by atoms with E-state index in [4.69, 9.17) is 16.0 Å². The molecule has 0 aliphatic heterocycles. The number of rotatable bonds is 3.